The third-order valence-corrected chi connectivity index (χ3v) is 6.75. The van der Waals surface area contributed by atoms with E-state index >= 15 is 0 Å². The number of pyridine rings is 1. The maximum Gasteiger partial charge on any atom is 0.256 e. The van der Waals surface area contributed by atoms with E-state index < -0.39 is 0 Å². The van der Waals surface area contributed by atoms with Crippen molar-refractivity contribution >= 4 is 29.0 Å². The first-order valence-corrected chi connectivity index (χ1v) is 13.0. The van der Waals surface area contributed by atoms with Gasteiger partial charge >= 0.3 is 0 Å². The Bertz CT molecular complexity index is 1500. The highest BCUT2D eigenvalue weighted by atomic mass is 16.2. The molecule has 1 fully saturated rings. The highest BCUT2D eigenvalue weighted by Gasteiger charge is 2.31. The average molecular weight is 525 g/mol. The number of nitrogens with zero attached hydrogens (tertiary/aromatic N) is 6. The number of carbonyl (C=O) groups excluding carboxylic acids is 2. The summed E-state index contributed by atoms with van der Waals surface area (Å²) in [6, 6.07) is 12.3. The van der Waals surface area contributed by atoms with Crippen molar-refractivity contribution in [2.75, 3.05) is 38.2 Å². The number of nitrogens with one attached hydrogen (secondary N) is 1. The smallest absolute Gasteiger partial charge is 0.256 e. The van der Waals surface area contributed by atoms with Gasteiger partial charge in [0.1, 0.15) is 28.7 Å². The van der Waals surface area contributed by atoms with Crippen molar-refractivity contribution in [2.24, 2.45) is 0 Å². The van der Waals surface area contributed by atoms with Crippen LogP contribution in [0.4, 0.5) is 11.6 Å². The molecule has 10 nitrogen and oxygen atoms in total. The van der Waals surface area contributed by atoms with Crippen LogP contribution in [0.1, 0.15) is 41.5 Å². The molecule has 1 unspecified atom stereocenters. The number of carbonyl (C=O) groups is 2. The molecule has 0 aliphatic carbocycles. The fourth-order valence-electron chi connectivity index (χ4n) is 4.85. The van der Waals surface area contributed by atoms with Gasteiger partial charge in [0.2, 0.25) is 5.91 Å². The van der Waals surface area contributed by atoms with E-state index in [-0.39, 0.29) is 17.9 Å². The van der Waals surface area contributed by atoms with E-state index in [4.69, 9.17) is 10.7 Å². The Labute approximate surface area is 227 Å². The van der Waals surface area contributed by atoms with Crippen molar-refractivity contribution in [2.45, 2.75) is 25.3 Å². The Kier molecular flexibility index (Phi) is 7.64. The molecule has 1 aliphatic heterocycles. The fraction of sp³-hybridized carbons (Fsp3) is 0.276. The number of imidazole rings is 1. The lowest BCUT2D eigenvalue weighted by Crippen LogP contribution is -2.38. The maximum absolute atomic E-state index is 13.2. The predicted molar refractivity (Wildman–Crippen MR) is 151 cm³/mol. The first-order chi connectivity index (χ1) is 18.9. The Morgan fingerprint density at radius 1 is 1.10 bits per heavy atom. The van der Waals surface area contributed by atoms with Crippen LogP contribution in [0.15, 0.2) is 73.2 Å². The van der Waals surface area contributed by atoms with Gasteiger partial charge < -0.3 is 20.9 Å². The molecular weight excluding hydrogens is 492 g/mol. The van der Waals surface area contributed by atoms with Gasteiger partial charge in [0.05, 0.1) is 6.04 Å². The third-order valence-electron chi connectivity index (χ3n) is 6.75. The molecule has 5 rings (SSSR count). The van der Waals surface area contributed by atoms with Gasteiger partial charge in [0, 0.05) is 48.9 Å². The number of hydrogen-bond donors (Lipinski definition) is 2. The Balaban J connectivity index is 1.47. The molecule has 4 heterocycles. The van der Waals surface area contributed by atoms with Crippen molar-refractivity contribution in [3.05, 3.63) is 84.6 Å². The van der Waals surface area contributed by atoms with Gasteiger partial charge in [0.15, 0.2) is 0 Å². The van der Waals surface area contributed by atoms with Gasteiger partial charge in [0.25, 0.3) is 5.91 Å². The van der Waals surface area contributed by atoms with E-state index in [9.17, 15) is 9.59 Å². The second kappa shape index (κ2) is 11.4. The lowest BCUT2D eigenvalue weighted by atomic mass is 10.0. The number of hydrogen-bond acceptors (Lipinski definition) is 7. The minimum Gasteiger partial charge on any atom is -0.382 e. The van der Waals surface area contributed by atoms with Crippen LogP contribution in [0, 0.1) is 0 Å². The van der Waals surface area contributed by atoms with Crippen LogP contribution in [0.2, 0.25) is 0 Å². The molecule has 200 valence electrons. The summed E-state index contributed by atoms with van der Waals surface area (Å²) in [5.41, 5.74) is 8.98. The molecule has 39 heavy (non-hydrogen) atoms. The lowest BCUT2D eigenvalue weighted by molar-refractivity contribution is -0.130. The molecule has 3 N–H and O–H groups in total. The summed E-state index contributed by atoms with van der Waals surface area (Å²) < 4.78 is 1.94. The molecule has 2 amide bonds. The number of benzene rings is 1. The predicted octanol–water partition coefficient (Wildman–Crippen LogP) is 3.80. The zero-order chi connectivity index (χ0) is 27.4. The normalized spacial score (nSPS) is 15.8. The molecule has 0 bridgehead atoms. The first kappa shape index (κ1) is 26.1. The number of nitrogen functional groups attached to an aromatic ring is 1. The number of nitrogens with two attached hydrogens (primary N) is 1. The second-order valence-corrected chi connectivity index (χ2v) is 9.80. The SMILES string of the molecule is CN(C)C/C=C/C(=O)N1CCCCC1c1nc(-c2ccc(C(=O)Nc3ccccn3)cc2)c2c(N)nccn12. The molecule has 1 atom stereocenters. The quantitative estimate of drug-likeness (QED) is 0.353. The number of likely N-dealkylation sites (tertiary alicyclic amines) is 1. The van der Waals surface area contributed by atoms with Crippen molar-refractivity contribution < 1.29 is 9.59 Å². The molecule has 1 aromatic carbocycles. The third kappa shape index (κ3) is 5.65. The second-order valence-electron chi connectivity index (χ2n) is 9.80. The number of fused-ring (bicyclic) bond motifs is 1. The van der Waals surface area contributed by atoms with Crippen molar-refractivity contribution in [3.63, 3.8) is 0 Å². The Hall–Kier alpha value is -4.57. The van der Waals surface area contributed by atoms with E-state index in [0.717, 1.165) is 30.7 Å². The van der Waals surface area contributed by atoms with Crippen LogP contribution >= 0.6 is 0 Å². The molecular formula is C29H32N8O2. The molecule has 0 radical (unpaired) electrons. The van der Waals surface area contributed by atoms with E-state index in [1.54, 1.807) is 42.7 Å². The maximum atomic E-state index is 13.2. The van der Waals surface area contributed by atoms with Crippen LogP contribution in [-0.2, 0) is 4.79 Å². The summed E-state index contributed by atoms with van der Waals surface area (Å²) in [5, 5.41) is 2.79. The first-order valence-electron chi connectivity index (χ1n) is 13.0. The molecule has 4 aromatic rings. The van der Waals surface area contributed by atoms with Gasteiger partial charge in [-0.1, -0.05) is 24.3 Å². The van der Waals surface area contributed by atoms with Crippen LogP contribution < -0.4 is 11.1 Å². The minimum absolute atomic E-state index is 0.0230. The van der Waals surface area contributed by atoms with Crippen molar-refractivity contribution in [1.82, 2.24) is 29.2 Å². The standard InChI is InChI=1S/C29H32N8O2/c1-35(2)17-7-10-24(38)36-18-6-4-8-22(36)28-34-25(26-27(30)32-16-19-37(26)28)20-11-13-21(14-12-20)29(39)33-23-9-3-5-15-31-23/h3,5,7,9-16,19,22H,4,6,8,17-18H2,1-2H3,(H2,30,32)(H,31,33,39)/b10-7+. The van der Waals surface area contributed by atoms with E-state index in [0.29, 0.717) is 41.5 Å². The fourth-order valence-corrected chi connectivity index (χ4v) is 4.85. The number of likely N-dealkylation sites (N-methyl/N-ethyl adjacent to an activating group) is 1. The minimum atomic E-state index is -0.254. The van der Waals surface area contributed by atoms with Gasteiger partial charge in [-0.2, -0.15) is 0 Å². The summed E-state index contributed by atoms with van der Waals surface area (Å²) in [7, 11) is 3.93. The van der Waals surface area contributed by atoms with Crippen molar-refractivity contribution in [3.8, 4) is 11.3 Å². The van der Waals surface area contributed by atoms with Crippen molar-refractivity contribution in [1.29, 1.82) is 0 Å². The molecule has 1 aliphatic rings. The highest BCUT2D eigenvalue weighted by molar-refractivity contribution is 6.04. The van der Waals surface area contributed by atoms with Crippen LogP contribution in [0.5, 0.6) is 0 Å². The van der Waals surface area contributed by atoms with Gasteiger partial charge in [-0.15, -0.1) is 0 Å². The van der Waals surface area contributed by atoms with Gasteiger partial charge in [-0.3, -0.25) is 14.0 Å². The number of piperidine rings is 1. The van der Waals surface area contributed by atoms with Gasteiger partial charge in [-0.25, -0.2) is 15.0 Å². The molecule has 0 saturated carbocycles. The number of amides is 2. The zero-order valence-electron chi connectivity index (χ0n) is 22.1. The zero-order valence-corrected chi connectivity index (χ0v) is 22.1. The molecule has 3 aromatic heterocycles. The van der Waals surface area contributed by atoms with Crippen LogP contribution in [0.3, 0.4) is 0 Å². The van der Waals surface area contributed by atoms with Gasteiger partial charge in [-0.05, 0) is 57.6 Å². The highest BCUT2D eigenvalue weighted by Crippen LogP contribution is 2.36. The largest absolute Gasteiger partial charge is 0.382 e. The van der Waals surface area contributed by atoms with Crippen LogP contribution in [-0.4, -0.2) is 68.2 Å². The average Bonchev–Trinajstić information content (AvgIpc) is 3.34. The van der Waals surface area contributed by atoms with E-state index in [1.165, 1.54) is 0 Å². The molecule has 0 spiro atoms. The molecule has 10 heteroatoms. The Morgan fingerprint density at radius 2 is 1.92 bits per heavy atom. The summed E-state index contributed by atoms with van der Waals surface area (Å²) in [4.78, 5) is 43.3. The summed E-state index contributed by atoms with van der Waals surface area (Å²) in [6.45, 7) is 1.36. The Morgan fingerprint density at radius 3 is 2.67 bits per heavy atom. The van der Waals surface area contributed by atoms with E-state index in [2.05, 4.69) is 15.3 Å². The topological polar surface area (TPSA) is 122 Å². The van der Waals surface area contributed by atoms with Crippen LogP contribution in [0.25, 0.3) is 16.8 Å². The monoisotopic (exact) mass is 524 g/mol. The summed E-state index contributed by atoms with van der Waals surface area (Å²) in [5.74, 6) is 1.31. The number of anilines is 2. The lowest BCUT2D eigenvalue weighted by Gasteiger charge is -2.34. The number of aromatic nitrogens is 4. The number of rotatable bonds is 7. The summed E-state index contributed by atoms with van der Waals surface area (Å²) >= 11 is 0. The summed E-state index contributed by atoms with van der Waals surface area (Å²) in [6.07, 6.45) is 11.4. The molecule has 1 saturated heterocycles. The van der Waals surface area contributed by atoms with E-state index in [1.807, 2.05) is 58.8 Å².